The SMILES string of the molecule is CCc1nc(-c2cc(Cl)ccc2Br)c(N)n1CC(C)C. The standard InChI is InChI=1S/C15H19BrClN3/c1-4-13-19-14(15(18)20(13)8-9(2)3)11-7-10(17)5-6-12(11)16/h5-7,9H,4,8,18H2,1-3H3. The Morgan fingerprint density at radius 1 is 1.40 bits per heavy atom. The maximum Gasteiger partial charge on any atom is 0.131 e. The van der Waals surface area contributed by atoms with Gasteiger partial charge in [-0.15, -0.1) is 0 Å². The zero-order valence-corrected chi connectivity index (χ0v) is 14.3. The first-order valence-corrected chi connectivity index (χ1v) is 7.91. The molecule has 0 aliphatic heterocycles. The molecule has 3 nitrogen and oxygen atoms in total. The minimum Gasteiger partial charge on any atom is -0.383 e. The Balaban J connectivity index is 2.57. The second-order valence-electron chi connectivity index (χ2n) is 5.24. The van der Waals surface area contributed by atoms with Gasteiger partial charge in [0, 0.05) is 28.0 Å². The summed E-state index contributed by atoms with van der Waals surface area (Å²) in [6, 6.07) is 5.66. The first kappa shape index (κ1) is 15.4. The first-order chi connectivity index (χ1) is 9.43. The number of rotatable bonds is 4. The summed E-state index contributed by atoms with van der Waals surface area (Å²) in [5, 5.41) is 0.680. The van der Waals surface area contributed by atoms with E-state index in [2.05, 4.69) is 41.3 Å². The van der Waals surface area contributed by atoms with Crippen molar-refractivity contribution in [1.82, 2.24) is 9.55 Å². The maximum absolute atomic E-state index is 6.32. The summed E-state index contributed by atoms with van der Waals surface area (Å²) in [7, 11) is 0. The van der Waals surface area contributed by atoms with E-state index in [1.54, 1.807) is 0 Å². The van der Waals surface area contributed by atoms with Crippen LogP contribution in [-0.2, 0) is 13.0 Å². The van der Waals surface area contributed by atoms with Crippen LogP contribution in [0.5, 0.6) is 0 Å². The summed E-state index contributed by atoms with van der Waals surface area (Å²) < 4.78 is 3.05. The molecule has 0 spiro atoms. The minimum absolute atomic E-state index is 0.521. The van der Waals surface area contributed by atoms with Crippen molar-refractivity contribution in [3.63, 3.8) is 0 Å². The van der Waals surface area contributed by atoms with Gasteiger partial charge in [-0.1, -0.05) is 48.3 Å². The highest BCUT2D eigenvalue weighted by atomic mass is 79.9. The van der Waals surface area contributed by atoms with E-state index in [0.29, 0.717) is 16.8 Å². The average Bonchev–Trinajstić information content (AvgIpc) is 2.69. The smallest absolute Gasteiger partial charge is 0.131 e. The van der Waals surface area contributed by atoms with Crippen LogP contribution in [0.2, 0.25) is 5.02 Å². The molecule has 5 heteroatoms. The number of hydrogen-bond acceptors (Lipinski definition) is 2. The number of anilines is 1. The molecule has 2 N–H and O–H groups in total. The topological polar surface area (TPSA) is 43.8 Å². The van der Waals surface area contributed by atoms with Gasteiger partial charge in [-0.2, -0.15) is 0 Å². The number of imidazole rings is 1. The molecule has 0 amide bonds. The molecule has 1 aromatic carbocycles. The number of hydrogen-bond donors (Lipinski definition) is 1. The van der Waals surface area contributed by atoms with Crippen molar-refractivity contribution in [2.24, 2.45) is 5.92 Å². The van der Waals surface area contributed by atoms with Crippen LogP contribution in [0.4, 0.5) is 5.82 Å². The molecule has 0 bridgehead atoms. The summed E-state index contributed by atoms with van der Waals surface area (Å²) in [5.41, 5.74) is 8.06. The summed E-state index contributed by atoms with van der Waals surface area (Å²) in [6.07, 6.45) is 0.856. The van der Waals surface area contributed by atoms with Gasteiger partial charge in [-0.3, -0.25) is 0 Å². The molecule has 0 unspecified atom stereocenters. The lowest BCUT2D eigenvalue weighted by Crippen LogP contribution is -2.11. The number of benzene rings is 1. The normalized spacial score (nSPS) is 11.3. The van der Waals surface area contributed by atoms with Gasteiger partial charge in [0.25, 0.3) is 0 Å². The molecule has 0 radical (unpaired) electrons. The zero-order chi connectivity index (χ0) is 14.9. The van der Waals surface area contributed by atoms with Crippen molar-refractivity contribution in [1.29, 1.82) is 0 Å². The quantitative estimate of drug-likeness (QED) is 0.857. The van der Waals surface area contributed by atoms with Crippen LogP contribution in [0.15, 0.2) is 22.7 Å². The van der Waals surface area contributed by atoms with Crippen molar-refractivity contribution in [3.8, 4) is 11.3 Å². The number of halogens is 2. The Kier molecular flexibility index (Phi) is 4.76. The van der Waals surface area contributed by atoms with Crippen molar-refractivity contribution >= 4 is 33.3 Å². The lowest BCUT2D eigenvalue weighted by atomic mass is 10.1. The summed E-state index contributed by atoms with van der Waals surface area (Å²) in [4.78, 5) is 4.70. The second kappa shape index (κ2) is 6.19. The van der Waals surface area contributed by atoms with E-state index in [1.807, 2.05) is 18.2 Å². The van der Waals surface area contributed by atoms with Crippen LogP contribution in [0.1, 0.15) is 26.6 Å². The van der Waals surface area contributed by atoms with Crippen molar-refractivity contribution in [3.05, 3.63) is 33.5 Å². The van der Waals surface area contributed by atoms with Gasteiger partial charge >= 0.3 is 0 Å². The van der Waals surface area contributed by atoms with E-state index in [0.717, 1.165) is 34.5 Å². The van der Waals surface area contributed by atoms with Crippen molar-refractivity contribution in [2.45, 2.75) is 33.7 Å². The fourth-order valence-electron chi connectivity index (χ4n) is 2.23. The first-order valence-electron chi connectivity index (χ1n) is 6.74. The Morgan fingerprint density at radius 3 is 2.70 bits per heavy atom. The molecule has 0 atom stereocenters. The monoisotopic (exact) mass is 355 g/mol. The van der Waals surface area contributed by atoms with Gasteiger partial charge in [0.15, 0.2) is 0 Å². The van der Waals surface area contributed by atoms with Gasteiger partial charge in [0.05, 0.1) is 0 Å². The highest BCUT2D eigenvalue weighted by Crippen LogP contribution is 2.34. The van der Waals surface area contributed by atoms with Gasteiger partial charge in [0.1, 0.15) is 17.3 Å². The molecule has 108 valence electrons. The summed E-state index contributed by atoms with van der Waals surface area (Å²) >= 11 is 9.63. The second-order valence-corrected chi connectivity index (χ2v) is 6.53. The van der Waals surface area contributed by atoms with E-state index in [1.165, 1.54) is 0 Å². The van der Waals surface area contributed by atoms with E-state index in [9.17, 15) is 0 Å². The number of nitrogens with two attached hydrogens (primary N) is 1. The molecular weight excluding hydrogens is 338 g/mol. The Hall–Kier alpha value is -1.00. The number of nitrogens with zero attached hydrogens (tertiary/aromatic N) is 2. The maximum atomic E-state index is 6.32. The Morgan fingerprint density at radius 2 is 2.10 bits per heavy atom. The Labute approximate surface area is 133 Å². The van der Waals surface area contributed by atoms with Crippen molar-refractivity contribution in [2.75, 3.05) is 5.73 Å². The predicted molar refractivity (Wildman–Crippen MR) is 89.0 cm³/mol. The molecule has 1 heterocycles. The molecule has 0 aliphatic rings. The third kappa shape index (κ3) is 3.01. The predicted octanol–water partition coefficient (Wildman–Crippen LogP) is 4.77. The van der Waals surface area contributed by atoms with Gasteiger partial charge in [-0.25, -0.2) is 4.98 Å². The molecule has 0 aliphatic carbocycles. The Bertz CT molecular complexity index is 620. The fraction of sp³-hybridized carbons (Fsp3) is 0.400. The lowest BCUT2D eigenvalue weighted by molar-refractivity contribution is 0.513. The van der Waals surface area contributed by atoms with E-state index < -0.39 is 0 Å². The van der Waals surface area contributed by atoms with Crippen LogP contribution >= 0.6 is 27.5 Å². The molecule has 2 aromatic rings. The third-order valence-electron chi connectivity index (χ3n) is 3.13. The largest absolute Gasteiger partial charge is 0.383 e. The van der Waals surface area contributed by atoms with Gasteiger partial charge < -0.3 is 10.3 Å². The van der Waals surface area contributed by atoms with E-state index in [4.69, 9.17) is 22.3 Å². The number of aromatic nitrogens is 2. The minimum atomic E-state index is 0.521. The highest BCUT2D eigenvalue weighted by molar-refractivity contribution is 9.10. The molecular formula is C15H19BrClN3. The average molecular weight is 357 g/mol. The summed E-state index contributed by atoms with van der Waals surface area (Å²) in [6.45, 7) is 7.32. The lowest BCUT2D eigenvalue weighted by Gasteiger charge is -2.11. The molecule has 0 fully saturated rings. The van der Waals surface area contributed by atoms with Gasteiger partial charge in [0.2, 0.25) is 0 Å². The zero-order valence-electron chi connectivity index (χ0n) is 12.0. The molecule has 2 rings (SSSR count). The van der Waals surface area contributed by atoms with E-state index in [-0.39, 0.29) is 0 Å². The third-order valence-corrected chi connectivity index (χ3v) is 4.06. The fourth-order valence-corrected chi connectivity index (χ4v) is 2.84. The van der Waals surface area contributed by atoms with Crippen LogP contribution in [0.3, 0.4) is 0 Å². The highest BCUT2D eigenvalue weighted by Gasteiger charge is 2.17. The molecule has 0 saturated carbocycles. The molecule has 1 aromatic heterocycles. The van der Waals surface area contributed by atoms with Crippen LogP contribution in [0.25, 0.3) is 11.3 Å². The molecule has 20 heavy (non-hydrogen) atoms. The van der Waals surface area contributed by atoms with E-state index >= 15 is 0 Å². The van der Waals surface area contributed by atoms with Crippen LogP contribution in [0, 0.1) is 5.92 Å². The molecule has 0 saturated heterocycles. The van der Waals surface area contributed by atoms with Crippen LogP contribution in [-0.4, -0.2) is 9.55 Å². The van der Waals surface area contributed by atoms with Gasteiger partial charge in [-0.05, 0) is 24.1 Å². The van der Waals surface area contributed by atoms with Crippen molar-refractivity contribution < 1.29 is 0 Å². The van der Waals surface area contributed by atoms with Crippen LogP contribution < -0.4 is 5.73 Å². The summed E-state index contributed by atoms with van der Waals surface area (Å²) in [5.74, 6) is 2.24. The number of nitrogen functional groups attached to an aromatic ring is 1. The number of aryl methyl sites for hydroxylation is 1.